The maximum absolute atomic E-state index is 5.25. The number of para-hydroxylation sites is 2. The molecule has 0 amide bonds. The summed E-state index contributed by atoms with van der Waals surface area (Å²) in [5.74, 6) is 1.61. The minimum absolute atomic E-state index is 0.317. The summed E-state index contributed by atoms with van der Waals surface area (Å²) in [5, 5.41) is 6.62. The summed E-state index contributed by atoms with van der Waals surface area (Å²) >= 11 is 4.85. The molecule has 0 aliphatic carbocycles. The molecule has 0 atom stereocenters. The van der Waals surface area contributed by atoms with Crippen LogP contribution in [0.15, 0.2) is 28.7 Å². The lowest BCUT2D eigenvalue weighted by Gasteiger charge is -2.04. The quantitative estimate of drug-likeness (QED) is 0.735. The highest BCUT2D eigenvalue weighted by Gasteiger charge is 2.08. The fourth-order valence-corrected chi connectivity index (χ4v) is 2.20. The van der Waals surface area contributed by atoms with E-state index in [0.717, 1.165) is 23.4 Å². The van der Waals surface area contributed by atoms with Crippen LogP contribution in [0.25, 0.3) is 11.0 Å². The average molecular weight is 260 g/mol. The standard InChI is InChI=1S/C12H12N4OS/c1-8-13-9-4-2-3-5-10(9)16(8)7-6-11-14-15-12(18)17-11/h2-5H,6-7H2,1H3,(H,15,18). The van der Waals surface area contributed by atoms with Gasteiger partial charge in [0.05, 0.1) is 11.0 Å². The van der Waals surface area contributed by atoms with Gasteiger partial charge < -0.3 is 8.98 Å². The molecule has 2 heterocycles. The third-order valence-electron chi connectivity index (χ3n) is 2.88. The topological polar surface area (TPSA) is 59.6 Å². The summed E-state index contributed by atoms with van der Waals surface area (Å²) in [7, 11) is 0. The van der Waals surface area contributed by atoms with E-state index in [2.05, 4.69) is 25.8 Å². The number of hydrogen-bond donors (Lipinski definition) is 1. The van der Waals surface area contributed by atoms with Crippen LogP contribution in [0.5, 0.6) is 0 Å². The van der Waals surface area contributed by atoms with Crippen molar-refractivity contribution in [1.82, 2.24) is 19.7 Å². The van der Waals surface area contributed by atoms with E-state index in [9.17, 15) is 0 Å². The predicted octanol–water partition coefficient (Wildman–Crippen LogP) is 2.63. The molecule has 0 spiro atoms. The zero-order valence-corrected chi connectivity index (χ0v) is 10.7. The Morgan fingerprint density at radius 1 is 1.39 bits per heavy atom. The molecule has 0 radical (unpaired) electrons. The number of hydrogen-bond acceptors (Lipinski definition) is 4. The minimum atomic E-state index is 0.317. The smallest absolute Gasteiger partial charge is 0.284 e. The largest absolute Gasteiger partial charge is 0.414 e. The molecule has 0 saturated heterocycles. The van der Waals surface area contributed by atoms with E-state index in [1.165, 1.54) is 0 Å². The van der Waals surface area contributed by atoms with Crippen molar-refractivity contribution in [2.24, 2.45) is 0 Å². The predicted molar refractivity (Wildman–Crippen MR) is 69.9 cm³/mol. The maximum atomic E-state index is 5.25. The van der Waals surface area contributed by atoms with Crippen LogP contribution in [0.4, 0.5) is 0 Å². The number of rotatable bonds is 3. The van der Waals surface area contributed by atoms with Crippen molar-refractivity contribution in [2.45, 2.75) is 19.9 Å². The van der Waals surface area contributed by atoms with Gasteiger partial charge in [-0.25, -0.2) is 10.1 Å². The normalized spacial score (nSPS) is 11.2. The Morgan fingerprint density at radius 3 is 3.00 bits per heavy atom. The number of aryl methyl sites for hydroxylation is 3. The number of aromatic amines is 1. The number of imidazole rings is 1. The van der Waals surface area contributed by atoms with Crippen molar-refractivity contribution >= 4 is 23.3 Å². The van der Waals surface area contributed by atoms with Gasteiger partial charge in [-0.3, -0.25) is 0 Å². The van der Waals surface area contributed by atoms with Crippen LogP contribution in [0.2, 0.25) is 0 Å². The first-order valence-corrected chi connectivity index (χ1v) is 6.11. The summed E-state index contributed by atoms with van der Waals surface area (Å²) in [4.78, 5) is 4.83. The van der Waals surface area contributed by atoms with E-state index in [0.29, 0.717) is 17.1 Å². The SMILES string of the molecule is Cc1nc2ccccc2n1CCc1n[nH]c(=S)o1. The lowest BCUT2D eigenvalue weighted by Crippen LogP contribution is -2.03. The van der Waals surface area contributed by atoms with Crippen molar-refractivity contribution in [1.29, 1.82) is 0 Å². The molecule has 92 valence electrons. The van der Waals surface area contributed by atoms with Gasteiger partial charge in [-0.2, -0.15) is 0 Å². The minimum Gasteiger partial charge on any atom is -0.414 e. The molecule has 5 nitrogen and oxygen atoms in total. The lowest BCUT2D eigenvalue weighted by atomic mass is 10.3. The highest BCUT2D eigenvalue weighted by atomic mass is 32.1. The van der Waals surface area contributed by atoms with E-state index < -0.39 is 0 Å². The van der Waals surface area contributed by atoms with Gasteiger partial charge >= 0.3 is 0 Å². The van der Waals surface area contributed by atoms with Crippen LogP contribution < -0.4 is 0 Å². The van der Waals surface area contributed by atoms with Crippen molar-refractivity contribution in [3.05, 3.63) is 40.8 Å². The van der Waals surface area contributed by atoms with E-state index in [1.807, 2.05) is 25.1 Å². The van der Waals surface area contributed by atoms with Gasteiger partial charge in [0.1, 0.15) is 5.82 Å². The Morgan fingerprint density at radius 2 is 2.22 bits per heavy atom. The van der Waals surface area contributed by atoms with Gasteiger partial charge in [0.15, 0.2) is 0 Å². The van der Waals surface area contributed by atoms with Crippen molar-refractivity contribution in [2.75, 3.05) is 0 Å². The van der Waals surface area contributed by atoms with Gasteiger partial charge in [-0.1, -0.05) is 12.1 Å². The van der Waals surface area contributed by atoms with Gasteiger partial charge in [0.2, 0.25) is 5.89 Å². The Balaban J connectivity index is 1.90. The van der Waals surface area contributed by atoms with Gasteiger partial charge in [-0.05, 0) is 31.3 Å². The first kappa shape index (κ1) is 11.2. The molecular weight excluding hydrogens is 248 g/mol. The first-order valence-electron chi connectivity index (χ1n) is 5.70. The molecular formula is C12H12N4OS. The Labute approximate surface area is 108 Å². The van der Waals surface area contributed by atoms with Crippen LogP contribution in [0.1, 0.15) is 11.7 Å². The van der Waals surface area contributed by atoms with Crippen LogP contribution in [-0.4, -0.2) is 19.7 Å². The molecule has 18 heavy (non-hydrogen) atoms. The molecule has 0 aliphatic rings. The number of nitrogens with zero attached hydrogens (tertiary/aromatic N) is 3. The van der Waals surface area contributed by atoms with E-state index in [1.54, 1.807) is 0 Å². The summed E-state index contributed by atoms with van der Waals surface area (Å²) in [6, 6.07) is 8.08. The molecule has 1 aromatic carbocycles. The Kier molecular flexibility index (Phi) is 2.71. The van der Waals surface area contributed by atoms with Crippen molar-refractivity contribution < 1.29 is 4.42 Å². The fraction of sp³-hybridized carbons (Fsp3) is 0.250. The third kappa shape index (κ3) is 1.95. The highest BCUT2D eigenvalue weighted by molar-refractivity contribution is 7.71. The molecule has 2 aromatic heterocycles. The monoisotopic (exact) mass is 260 g/mol. The van der Waals surface area contributed by atoms with Crippen molar-refractivity contribution in [3.63, 3.8) is 0 Å². The Bertz CT molecular complexity index is 740. The van der Waals surface area contributed by atoms with Crippen LogP contribution in [0, 0.1) is 11.8 Å². The zero-order valence-electron chi connectivity index (χ0n) is 9.88. The molecule has 6 heteroatoms. The van der Waals surface area contributed by atoms with Gasteiger partial charge in [0, 0.05) is 13.0 Å². The van der Waals surface area contributed by atoms with E-state index >= 15 is 0 Å². The molecule has 3 rings (SSSR count). The second-order valence-electron chi connectivity index (χ2n) is 4.06. The second-order valence-corrected chi connectivity index (χ2v) is 4.43. The number of fused-ring (bicyclic) bond motifs is 1. The average Bonchev–Trinajstić information content (AvgIpc) is 2.90. The van der Waals surface area contributed by atoms with E-state index in [4.69, 9.17) is 16.6 Å². The van der Waals surface area contributed by atoms with Crippen molar-refractivity contribution in [3.8, 4) is 0 Å². The molecule has 3 aromatic rings. The fourth-order valence-electron chi connectivity index (χ4n) is 2.05. The molecule has 0 saturated carbocycles. The number of nitrogens with one attached hydrogen (secondary N) is 1. The third-order valence-corrected chi connectivity index (χ3v) is 3.05. The number of aromatic nitrogens is 4. The van der Waals surface area contributed by atoms with Crippen LogP contribution >= 0.6 is 12.2 Å². The summed E-state index contributed by atoms with van der Waals surface area (Å²) in [6.45, 7) is 2.77. The molecule has 1 N–H and O–H groups in total. The second kappa shape index (κ2) is 4.38. The first-order chi connectivity index (χ1) is 8.74. The van der Waals surface area contributed by atoms with Gasteiger partial charge in [0.25, 0.3) is 4.84 Å². The van der Waals surface area contributed by atoms with Crippen LogP contribution in [0.3, 0.4) is 0 Å². The zero-order chi connectivity index (χ0) is 12.5. The van der Waals surface area contributed by atoms with Crippen LogP contribution in [-0.2, 0) is 13.0 Å². The number of H-pyrrole nitrogens is 1. The molecule has 0 aliphatic heterocycles. The molecule has 0 unspecified atom stereocenters. The Hall–Kier alpha value is -1.95. The highest BCUT2D eigenvalue weighted by Crippen LogP contribution is 2.15. The summed E-state index contributed by atoms with van der Waals surface area (Å²) in [5.41, 5.74) is 2.14. The molecule has 0 bridgehead atoms. The van der Waals surface area contributed by atoms with Gasteiger partial charge in [-0.15, -0.1) is 5.10 Å². The summed E-state index contributed by atoms with van der Waals surface area (Å²) in [6.07, 6.45) is 0.689. The summed E-state index contributed by atoms with van der Waals surface area (Å²) < 4.78 is 7.40. The molecule has 0 fully saturated rings. The maximum Gasteiger partial charge on any atom is 0.284 e. The van der Waals surface area contributed by atoms with E-state index in [-0.39, 0.29) is 0 Å². The lowest BCUT2D eigenvalue weighted by molar-refractivity contribution is 0.465. The number of benzene rings is 1.